The van der Waals surface area contributed by atoms with E-state index < -0.39 is 0 Å². The lowest BCUT2D eigenvalue weighted by Crippen LogP contribution is -2.01. The molecule has 0 atom stereocenters. The molecule has 2 aromatic heterocycles. The van der Waals surface area contributed by atoms with Crippen LogP contribution in [0.1, 0.15) is 0 Å². The van der Waals surface area contributed by atoms with Gasteiger partial charge in [0.1, 0.15) is 39.9 Å². The summed E-state index contributed by atoms with van der Waals surface area (Å²) in [6.07, 6.45) is 0. The van der Waals surface area contributed by atoms with Gasteiger partial charge >= 0.3 is 7.69 Å². The highest BCUT2D eigenvalue weighted by Crippen LogP contribution is 2.40. The predicted octanol–water partition coefficient (Wildman–Crippen LogP) is 10.5. The van der Waals surface area contributed by atoms with Gasteiger partial charge in [0.25, 0.3) is 0 Å². The lowest BCUT2D eigenvalue weighted by Gasteiger charge is -2.09. The quantitative estimate of drug-likeness (QED) is 0.180. The molecule has 1 radical (unpaired) electrons. The van der Waals surface area contributed by atoms with Crippen LogP contribution in [0.4, 0.5) is 8.78 Å². The smallest absolute Gasteiger partial charge is 0.535 e. The zero-order valence-corrected chi connectivity index (χ0v) is 27.3. The Balaban J connectivity index is 0.000000134. The van der Waals surface area contributed by atoms with E-state index >= 15 is 0 Å². The molecule has 0 amide bonds. The number of hydrogen-bond acceptors (Lipinski definition) is 6. The predicted molar refractivity (Wildman–Crippen MR) is 189 cm³/mol. The number of rotatable bonds is 5. The number of furan rings is 2. The SMILES string of the molecule is COc1ccccc1-c1c(F)ccc2c1oc1ccccc12.COc1ccccc1O[B]O.Fc1ccc2c(oc3ccccc32)c1Br. The third kappa shape index (κ3) is 6.45. The van der Waals surface area contributed by atoms with Crippen molar-refractivity contribution in [2.24, 2.45) is 0 Å². The summed E-state index contributed by atoms with van der Waals surface area (Å²) in [4.78, 5) is 0. The van der Waals surface area contributed by atoms with Gasteiger partial charge in [-0.05, 0) is 70.5 Å². The van der Waals surface area contributed by atoms with E-state index in [2.05, 4.69) is 15.9 Å². The lowest BCUT2D eigenvalue weighted by molar-refractivity contribution is 0.381. The number of ether oxygens (including phenoxy) is 2. The molecule has 0 aliphatic rings. The van der Waals surface area contributed by atoms with E-state index in [1.54, 1.807) is 44.6 Å². The molecule has 0 aliphatic heterocycles. The molecule has 8 rings (SSSR count). The fraction of sp³-hybridized carbons (Fsp3) is 0.0526. The first-order valence-electron chi connectivity index (χ1n) is 14.7. The van der Waals surface area contributed by atoms with Gasteiger partial charge in [-0.3, -0.25) is 0 Å². The van der Waals surface area contributed by atoms with Crippen molar-refractivity contribution in [2.45, 2.75) is 0 Å². The van der Waals surface area contributed by atoms with Crippen LogP contribution in [0, 0.1) is 11.6 Å². The summed E-state index contributed by atoms with van der Waals surface area (Å²) in [5.74, 6) is 1.09. The average molecular weight is 708 g/mol. The van der Waals surface area contributed by atoms with Gasteiger partial charge in [0.2, 0.25) is 0 Å². The van der Waals surface area contributed by atoms with Crippen LogP contribution in [0.5, 0.6) is 17.2 Å². The van der Waals surface area contributed by atoms with Crippen molar-refractivity contribution < 1.29 is 36.8 Å². The summed E-state index contributed by atoms with van der Waals surface area (Å²) in [6.45, 7) is 0. The normalized spacial score (nSPS) is 10.7. The van der Waals surface area contributed by atoms with Gasteiger partial charge in [0.15, 0.2) is 11.3 Å². The van der Waals surface area contributed by atoms with Crippen molar-refractivity contribution in [3.63, 3.8) is 0 Å². The number of fused-ring (bicyclic) bond motifs is 6. The van der Waals surface area contributed by atoms with Gasteiger partial charge in [0, 0.05) is 27.1 Å². The van der Waals surface area contributed by atoms with Crippen LogP contribution in [-0.4, -0.2) is 26.9 Å². The fourth-order valence-electron chi connectivity index (χ4n) is 5.37. The average Bonchev–Trinajstić information content (AvgIpc) is 3.70. The second-order valence-corrected chi connectivity index (χ2v) is 11.1. The van der Waals surface area contributed by atoms with Crippen molar-refractivity contribution in [1.82, 2.24) is 0 Å². The Morgan fingerprint density at radius 3 is 1.69 bits per heavy atom. The first-order chi connectivity index (χ1) is 23.4. The van der Waals surface area contributed by atoms with E-state index in [0.717, 1.165) is 32.7 Å². The maximum absolute atomic E-state index is 14.5. The van der Waals surface area contributed by atoms with Crippen molar-refractivity contribution in [2.75, 3.05) is 14.2 Å². The van der Waals surface area contributed by atoms with E-state index in [9.17, 15) is 8.78 Å². The molecule has 48 heavy (non-hydrogen) atoms. The van der Waals surface area contributed by atoms with Crippen LogP contribution < -0.4 is 14.1 Å². The summed E-state index contributed by atoms with van der Waals surface area (Å²) >= 11 is 3.19. The molecule has 6 nitrogen and oxygen atoms in total. The second-order valence-electron chi connectivity index (χ2n) is 10.3. The maximum atomic E-state index is 14.5. The fourth-order valence-corrected chi connectivity index (χ4v) is 5.80. The molecular weight excluding hydrogens is 681 g/mol. The minimum Gasteiger partial charge on any atom is -0.535 e. The Bertz CT molecular complexity index is 2350. The number of benzene rings is 6. The molecule has 8 aromatic rings. The van der Waals surface area contributed by atoms with E-state index in [1.807, 2.05) is 78.9 Å². The first kappa shape index (κ1) is 32.6. The second kappa shape index (κ2) is 14.6. The topological polar surface area (TPSA) is 74.2 Å². The first-order valence-corrected chi connectivity index (χ1v) is 15.5. The largest absolute Gasteiger partial charge is 0.569 e. The number of para-hydroxylation sites is 5. The molecule has 0 saturated heterocycles. The van der Waals surface area contributed by atoms with Gasteiger partial charge in [-0.2, -0.15) is 0 Å². The molecular formula is C38H27BBrF2O6. The lowest BCUT2D eigenvalue weighted by atomic mass is 10.0. The van der Waals surface area contributed by atoms with Crippen LogP contribution in [-0.2, 0) is 0 Å². The molecule has 0 aliphatic carbocycles. The van der Waals surface area contributed by atoms with Crippen LogP contribution >= 0.6 is 15.9 Å². The zero-order valence-electron chi connectivity index (χ0n) is 25.7. The minimum atomic E-state index is -0.323. The molecule has 0 fully saturated rings. The van der Waals surface area contributed by atoms with Crippen molar-refractivity contribution >= 4 is 67.5 Å². The summed E-state index contributed by atoms with van der Waals surface area (Å²) < 4.78 is 54.7. The Labute approximate surface area is 283 Å². The Morgan fingerprint density at radius 2 is 1.06 bits per heavy atom. The number of methoxy groups -OCH3 is 2. The maximum Gasteiger partial charge on any atom is 0.569 e. The van der Waals surface area contributed by atoms with Crippen LogP contribution in [0.25, 0.3) is 55.0 Å². The highest BCUT2D eigenvalue weighted by Gasteiger charge is 2.19. The number of halogens is 3. The van der Waals surface area contributed by atoms with Crippen LogP contribution in [0.2, 0.25) is 0 Å². The van der Waals surface area contributed by atoms with E-state index in [0.29, 0.717) is 51.7 Å². The third-order valence-corrected chi connectivity index (χ3v) is 8.30. The highest BCUT2D eigenvalue weighted by molar-refractivity contribution is 9.10. The molecule has 10 heteroatoms. The molecule has 2 heterocycles. The molecule has 0 bridgehead atoms. The molecule has 0 unspecified atom stereocenters. The monoisotopic (exact) mass is 707 g/mol. The summed E-state index contributed by atoms with van der Waals surface area (Å²) in [7, 11) is 3.74. The van der Waals surface area contributed by atoms with Gasteiger partial charge in [-0.25, -0.2) is 8.78 Å². The Kier molecular flexibility index (Phi) is 9.94. The van der Waals surface area contributed by atoms with Crippen molar-refractivity contribution in [3.05, 3.63) is 137 Å². The standard InChI is InChI=1S/C19H13FO2.C12H6BrFO.C7H8BO3/c1-21-16-8-4-3-7-14(16)18-15(20)11-10-13-12-6-2-5-9-17(12)22-19(13)18;13-11-9(14)6-5-8-7-3-1-2-4-10(7)15-12(8)11;1-10-6-4-2-3-5-7(6)11-8-9/h2-11H,1H3;1-6H;2-5,9H,1H3. The van der Waals surface area contributed by atoms with E-state index in [-0.39, 0.29) is 11.6 Å². The molecule has 0 spiro atoms. The van der Waals surface area contributed by atoms with Gasteiger partial charge < -0.3 is 28.0 Å². The Morgan fingerprint density at radius 1 is 0.562 bits per heavy atom. The van der Waals surface area contributed by atoms with Crippen LogP contribution in [0.3, 0.4) is 0 Å². The van der Waals surface area contributed by atoms with Crippen molar-refractivity contribution in [1.29, 1.82) is 0 Å². The number of hydrogen-bond donors (Lipinski definition) is 1. The minimum absolute atomic E-state index is 0.304. The third-order valence-electron chi connectivity index (χ3n) is 7.56. The zero-order chi connectivity index (χ0) is 33.6. The van der Waals surface area contributed by atoms with Crippen LogP contribution in [0.15, 0.2) is 135 Å². The molecule has 1 N–H and O–H groups in total. The Hall–Kier alpha value is -5.32. The molecule has 0 saturated carbocycles. The summed E-state index contributed by atoms with van der Waals surface area (Å²) in [5, 5.41) is 12.2. The van der Waals surface area contributed by atoms with Gasteiger partial charge in [-0.1, -0.05) is 66.7 Å². The van der Waals surface area contributed by atoms with E-state index in [4.69, 9.17) is 28.0 Å². The van der Waals surface area contributed by atoms with Gasteiger partial charge in [0.05, 0.1) is 24.3 Å². The summed E-state index contributed by atoms with van der Waals surface area (Å²) in [5.41, 5.74) is 3.76. The van der Waals surface area contributed by atoms with Gasteiger partial charge in [-0.15, -0.1) is 0 Å². The van der Waals surface area contributed by atoms with E-state index in [1.165, 1.54) is 12.1 Å². The summed E-state index contributed by atoms with van der Waals surface area (Å²) in [6, 6.07) is 36.2. The highest BCUT2D eigenvalue weighted by atomic mass is 79.9. The molecule has 239 valence electrons. The molecule has 6 aromatic carbocycles. The van der Waals surface area contributed by atoms with Crippen molar-refractivity contribution in [3.8, 4) is 28.4 Å².